The Kier molecular flexibility index (Phi) is 8.95. The number of nitrogens with zero attached hydrogens (tertiary/aromatic N) is 1. The molecule has 0 bridgehead atoms. The molecule has 0 radical (unpaired) electrons. The molecule has 268 valence electrons. The lowest BCUT2D eigenvalue weighted by Crippen LogP contribution is -2.11. The first-order chi connectivity index (χ1) is 28.3. The molecule has 10 aromatic rings. The van der Waals surface area contributed by atoms with Crippen molar-refractivity contribution in [2.45, 2.75) is 0 Å². The topological polar surface area (TPSA) is 3.24 Å². The highest BCUT2D eigenvalue weighted by Crippen LogP contribution is 2.46. The summed E-state index contributed by atoms with van der Waals surface area (Å²) in [7, 11) is 0. The zero-order valence-electron chi connectivity index (χ0n) is 31.5. The van der Waals surface area contributed by atoms with Gasteiger partial charge in [0.05, 0.1) is 5.69 Å². The van der Waals surface area contributed by atoms with Crippen molar-refractivity contribution in [3.05, 3.63) is 237 Å². The molecule has 10 aromatic carbocycles. The number of rotatable bonds is 8. The van der Waals surface area contributed by atoms with Gasteiger partial charge in [-0.2, -0.15) is 0 Å². The molecule has 0 N–H and O–H groups in total. The van der Waals surface area contributed by atoms with Crippen molar-refractivity contribution in [3.8, 4) is 55.6 Å². The third-order valence-corrected chi connectivity index (χ3v) is 11.1. The first-order valence-corrected chi connectivity index (χ1v) is 19.6. The van der Waals surface area contributed by atoms with E-state index in [0.717, 1.165) is 28.2 Å². The maximum atomic E-state index is 2.43. The van der Waals surface area contributed by atoms with Crippen LogP contribution in [-0.2, 0) is 0 Å². The Morgan fingerprint density at radius 1 is 0.228 bits per heavy atom. The molecule has 0 heterocycles. The Balaban J connectivity index is 1.19. The van der Waals surface area contributed by atoms with Crippen LogP contribution in [0.4, 0.5) is 17.1 Å². The highest BCUT2D eigenvalue weighted by atomic mass is 15.1. The molecule has 0 unspecified atom stereocenters. The van der Waals surface area contributed by atoms with Gasteiger partial charge in [-0.3, -0.25) is 0 Å². The molecule has 0 aromatic heterocycles. The van der Waals surface area contributed by atoms with E-state index in [1.165, 1.54) is 66.1 Å². The minimum atomic E-state index is 1.09. The van der Waals surface area contributed by atoms with Crippen molar-refractivity contribution in [2.24, 2.45) is 0 Å². The average molecular weight is 726 g/mol. The van der Waals surface area contributed by atoms with Crippen molar-refractivity contribution in [1.29, 1.82) is 0 Å². The molecule has 0 spiro atoms. The molecule has 57 heavy (non-hydrogen) atoms. The van der Waals surface area contributed by atoms with Crippen LogP contribution in [0.15, 0.2) is 237 Å². The number of hydrogen-bond acceptors (Lipinski definition) is 1. The monoisotopic (exact) mass is 725 g/mol. The summed E-state index contributed by atoms with van der Waals surface area (Å²) in [5.74, 6) is 0. The van der Waals surface area contributed by atoms with Gasteiger partial charge in [-0.15, -0.1) is 0 Å². The van der Waals surface area contributed by atoms with Crippen molar-refractivity contribution in [3.63, 3.8) is 0 Å². The first-order valence-electron chi connectivity index (χ1n) is 19.6. The van der Waals surface area contributed by atoms with E-state index in [1.807, 2.05) is 0 Å². The normalized spacial score (nSPS) is 11.2. The summed E-state index contributed by atoms with van der Waals surface area (Å²) in [4.78, 5) is 2.43. The lowest BCUT2D eigenvalue weighted by Gasteiger charge is -2.29. The predicted octanol–water partition coefficient (Wildman–Crippen LogP) is 15.8. The summed E-state index contributed by atoms with van der Waals surface area (Å²) < 4.78 is 0. The lowest BCUT2D eigenvalue weighted by atomic mass is 9.90. The SMILES string of the molecule is c1ccc(-c2ccc(N(c3ccc(-c4cccc5ccccc45)cc3)c3cc(-c4ccccc4)ccc3-c3ccc(-c4ccccc4)c4ccccc34)cc2)cc1. The number of benzene rings is 10. The number of hydrogen-bond donors (Lipinski definition) is 0. The maximum absolute atomic E-state index is 2.43. The Labute approximate surface area is 334 Å². The van der Waals surface area contributed by atoms with Crippen molar-refractivity contribution >= 4 is 38.6 Å². The van der Waals surface area contributed by atoms with Crippen LogP contribution in [0.1, 0.15) is 0 Å². The van der Waals surface area contributed by atoms with Gasteiger partial charge in [0.15, 0.2) is 0 Å². The minimum Gasteiger partial charge on any atom is -0.310 e. The van der Waals surface area contributed by atoms with E-state index in [2.05, 4.69) is 241 Å². The highest BCUT2D eigenvalue weighted by molar-refractivity contribution is 6.08. The second-order valence-electron chi connectivity index (χ2n) is 14.5. The summed E-state index contributed by atoms with van der Waals surface area (Å²) in [5.41, 5.74) is 15.2. The van der Waals surface area contributed by atoms with E-state index in [1.54, 1.807) is 0 Å². The molecular formula is C56H39N. The lowest BCUT2D eigenvalue weighted by molar-refractivity contribution is 1.28. The van der Waals surface area contributed by atoms with Crippen molar-refractivity contribution < 1.29 is 0 Å². The number of anilines is 3. The standard InChI is InChI=1S/C56H39N/c1-4-15-40(16-5-1)42-27-32-47(33-28-42)57(48-34-29-45(30-35-48)50-26-14-22-44-21-10-11-23-49(44)50)56-39-46(41-17-6-2-7-18-41)31-36-55(56)54-38-37-51(43-19-8-3-9-20-43)52-24-12-13-25-53(52)54/h1-39H. The molecule has 10 rings (SSSR count). The van der Waals surface area contributed by atoms with Gasteiger partial charge in [0.1, 0.15) is 0 Å². The van der Waals surface area contributed by atoms with E-state index in [0.29, 0.717) is 0 Å². The fraction of sp³-hybridized carbons (Fsp3) is 0. The van der Waals surface area contributed by atoms with Crippen molar-refractivity contribution in [1.82, 2.24) is 0 Å². The molecule has 1 heteroatoms. The Morgan fingerprint density at radius 3 is 1.28 bits per heavy atom. The molecule has 0 amide bonds. The van der Waals surface area contributed by atoms with E-state index in [9.17, 15) is 0 Å². The molecular weight excluding hydrogens is 687 g/mol. The van der Waals surface area contributed by atoms with E-state index in [-0.39, 0.29) is 0 Å². The summed E-state index contributed by atoms with van der Waals surface area (Å²) in [6, 6.07) is 85.7. The molecule has 0 atom stereocenters. The highest BCUT2D eigenvalue weighted by Gasteiger charge is 2.21. The summed E-state index contributed by atoms with van der Waals surface area (Å²) in [5, 5.41) is 4.95. The zero-order valence-corrected chi connectivity index (χ0v) is 31.5. The molecule has 0 fully saturated rings. The third kappa shape index (κ3) is 6.56. The van der Waals surface area contributed by atoms with Crippen LogP contribution in [0.5, 0.6) is 0 Å². The predicted molar refractivity (Wildman–Crippen MR) is 243 cm³/mol. The van der Waals surface area contributed by atoms with Gasteiger partial charge in [-0.05, 0) is 102 Å². The van der Waals surface area contributed by atoms with Crippen LogP contribution in [0.3, 0.4) is 0 Å². The molecule has 0 aliphatic rings. The third-order valence-electron chi connectivity index (χ3n) is 11.1. The Hall–Kier alpha value is -7.48. The second-order valence-corrected chi connectivity index (χ2v) is 14.5. The van der Waals surface area contributed by atoms with Crippen LogP contribution >= 0.6 is 0 Å². The molecule has 0 saturated carbocycles. The largest absolute Gasteiger partial charge is 0.310 e. The smallest absolute Gasteiger partial charge is 0.0546 e. The Bertz CT molecular complexity index is 2960. The van der Waals surface area contributed by atoms with Crippen LogP contribution in [0.25, 0.3) is 77.2 Å². The van der Waals surface area contributed by atoms with Crippen molar-refractivity contribution in [2.75, 3.05) is 4.90 Å². The molecule has 0 aliphatic heterocycles. The average Bonchev–Trinajstić information content (AvgIpc) is 3.30. The first kappa shape index (κ1) is 34.0. The fourth-order valence-corrected chi connectivity index (χ4v) is 8.29. The second kappa shape index (κ2) is 15.0. The van der Waals surface area contributed by atoms with Gasteiger partial charge in [-0.25, -0.2) is 0 Å². The van der Waals surface area contributed by atoms with Crippen LogP contribution in [0.2, 0.25) is 0 Å². The summed E-state index contributed by atoms with van der Waals surface area (Å²) >= 11 is 0. The van der Waals surface area contributed by atoms with Gasteiger partial charge in [0, 0.05) is 16.9 Å². The minimum absolute atomic E-state index is 1.09. The van der Waals surface area contributed by atoms with E-state index in [4.69, 9.17) is 0 Å². The fourth-order valence-electron chi connectivity index (χ4n) is 8.29. The molecule has 0 aliphatic carbocycles. The van der Waals surface area contributed by atoms with Gasteiger partial charge in [-0.1, -0.05) is 206 Å². The van der Waals surface area contributed by atoms with E-state index < -0.39 is 0 Å². The van der Waals surface area contributed by atoms with Crippen LogP contribution < -0.4 is 4.90 Å². The quantitative estimate of drug-likeness (QED) is 0.151. The van der Waals surface area contributed by atoms with E-state index >= 15 is 0 Å². The van der Waals surface area contributed by atoms with Gasteiger partial charge in [0.25, 0.3) is 0 Å². The van der Waals surface area contributed by atoms with Crippen LogP contribution in [0, 0.1) is 0 Å². The van der Waals surface area contributed by atoms with Gasteiger partial charge < -0.3 is 4.90 Å². The van der Waals surface area contributed by atoms with Crippen LogP contribution in [-0.4, -0.2) is 0 Å². The summed E-state index contributed by atoms with van der Waals surface area (Å²) in [6.45, 7) is 0. The van der Waals surface area contributed by atoms with Gasteiger partial charge in [0.2, 0.25) is 0 Å². The molecule has 0 saturated heterocycles. The summed E-state index contributed by atoms with van der Waals surface area (Å²) in [6.07, 6.45) is 0. The number of fused-ring (bicyclic) bond motifs is 2. The Morgan fingerprint density at radius 2 is 0.632 bits per heavy atom. The maximum Gasteiger partial charge on any atom is 0.0546 e. The van der Waals surface area contributed by atoms with Gasteiger partial charge >= 0.3 is 0 Å². The molecule has 1 nitrogen and oxygen atoms in total. The zero-order chi connectivity index (χ0) is 38.0.